The standard InChI is InChI=1S/C15H22FN/c1-11-4-3-5-15(11)17-12(2)10-13-6-8-14(16)9-7-13/h6-9,11-12,15,17H,3-5,10H2,1-2H3. The normalized spacial score (nSPS) is 26.1. The molecule has 0 bridgehead atoms. The lowest BCUT2D eigenvalue weighted by atomic mass is 10.0. The zero-order valence-electron chi connectivity index (χ0n) is 10.7. The molecule has 1 aliphatic carbocycles. The first-order valence-corrected chi connectivity index (χ1v) is 6.65. The van der Waals surface area contributed by atoms with Gasteiger partial charge in [-0.25, -0.2) is 4.39 Å². The zero-order valence-corrected chi connectivity index (χ0v) is 10.7. The molecule has 1 fully saturated rings. The Bertz CT molecular complexity index is 346. The van der Waals surface area contributed by atoms with E-state index in [1.807, 2.05) is 12.1 Å². The molecule has 0 aromatic heterocycles. The molecule has 0 aliphatic heterocycles. The van der Waals surface area contributed by atoms with E-state index in [9.17, 15) is 4.39 Å². The van der Waals surface area contributed by atoms with Crippen molar-refractivity contribution in [3.05, 3.63) is 35.6 Å². The predicted molar refractivity (Wildman–Crippen MR) is 69.5 cm³/mol. The lowest BCUT2D eigenvalue weighted by Gasteiger charge is -2.22. The number of hydrogen-bond acceptors (Lipinski definition) is 1. The fraction of sp³-hybridized carbons (Fsp3) is 0.600. The molecule has 3 atom stereocenters. The Morgan fingerprint density at radius 2 is 2.00 bits per heavy atom. The van der Waals surface area contributed by atoms with Crippen LogP contribution < -0.4 is 5.32 Å². The summed E-state index contributed by atoms with van der Waals surface area (Å²) in [4.78, 5) is 0. The number of nitrogens with one attached hydrogen (secondary N) is 1. The number of benzene rings is 1. The van der Waals surface area contributed by atoms with Crippen molar-refractivity contribution >= 4 is 0 Å². The molecule has 1 N–H and O–H groups in total. The molecule has 2 rings (SSSR count). The van der Waals surface area contributed by atoms with Crippen LogP contribution in [0.15, 0.2) is 24.3 Å². The third kappa shape index (κ3) is 3.53. The van der Waals surface area contributed by atoms with Crippen LogP contribution in [-0.2, 0) is 6.42 Å². The van der Waals surface area contributed by atoms with Gasteiger partial charge in [-0.3, -0.25) is 0 Å². The second-order valence-corrected chi connectivity index (χ2v) is 5.41. The van der Waals surface area contributed by atoms with Gasteiger partial charge in [0.05, 0.1) is 0 Å². The number of rotatable bonds is 4. The quantitative estimate of drug-likeness (QED) is 0.841. The monoisotopic (exact) mass is 235 g/mol. The lowest BCUT2D eigenvalue weighted by molar-refractivity contribution is 0.381. The Kier molecular flexibility index (Phi) is 4.16. The molecule has 1 aromatic carbocycles. The minimum atomic E-state index is -0.154. The molecule has 0 radical (unpaired) electrons. The molecule has 1 saturated carbocycles. The Labute approximate surface area is 103 Å². The second kappa shape index (κ2) is 5.63. The van der Waals surface area contributed by atoms with Gasteiger partial charge in [-0.15, -0.1) is 0 Å². The van der Waals surface area contributed by atoms with Crippen molar-refractivity contribution in [1.29, 1.82) is 0 Å². The third-order valence-electron chi connectivity index (χ3n) is 3.82. The Balaban J connectivity index is 1.84. The van der Waals surface area contributed by atoms with Crippen LogP contribution in [0.1, 0.15) is 38.7 Å². The highest BCUT2D eigenvalue weighted by molar-refractivity contribution is 5.17. The molecule has 17 heavy (non-hydrogen) atoms. The average Bonchev–Trinajstić information content (AvgIpc) is 2.68. The number of halogens is 1. The Morgan fingerprint density at radius 1 is 1.29 bits per heavy atom. The van der Waals surface area contributed by atoms with Crippen molar-refractivity contribution in [3.63, 3.8) is 0 Å². The van der Waals surface area contributed by atoms with Crippen molar-refractivity contribution in [1.82, 2.24) is 5.32 Å². The van der Waals surface area contributed by atoms with Gasteiger partial charge in [-0.05, 0) is 49.8 Å². The Morgan fingerprint density at radius 3 is 2.59 bits per heavy atom. The van der Waals surface area contributed by atoms with Crippen molar-refractivity contribution in [3.8, 4) is 0 Å². The van der Waals surface area contributed by atoms with Crippen LogP contribution in [0.2, 0.25) is 0 Å². The molecular weight excluding hydrogens is 213 g/mol. The minimum absolute atomic E-state index is 0.154. The van der Waals surface area contributed by atoms with E-state index < -0.39 is 0 Å². The minimum Gasteiger partial charge on any atom is -0.311 e. The van der Waals surface area contributed by atoms with Gasteiger partial charge in [0.15, 0.2) is 0 Å². The highest BCUT2D eigenvalue weighted by atomic mass is 19.1. The maximum atomic E-state index is 12.8. The molecule has 2 heteroatoms. The van der Waals surface area contributed by atoms with Crippen molar-refractivity contribution in [2.45, 2.75) is 51.6 Å². The molecular formula is C15H22FN. The van der Waals surface area contributed by atoms with E-state index >= 15 is 0 Å². The molecule has 1 aliphatic rings. The largest absolute Gasteiger partial charge is 0.311 e. The van der Waals surface area contributed by atoms with Gasteiger partial charge >= 0.3 is 0 Å². The first kappa shape index (κ1) is 12.6. The highest BCUT2D eigenvalue weighted by Gasteiger charge is 2.24. The fourth-order valence-electron chi connectivity index (χ4n) is 2.79. The van der Waals surface area contributed by atoms with Crippen LogP contribution in [-0.4, -0.2) is 12.1 Å². The van der Waals surface area contributed by atoms with Crippen molar-refractivity contribution in [2.24, 2.45) is 5.92 Å². The maximum Gasteiger partial charge on any atom is 0.123 e. The summed E-state index contributed by atoms with van der Waals surface area (Å²) in [5.41, 5.74) is 1.21. The third-order valence-corrected chi connectivity index (χ3v) is 3.82. The first-order chi connectivity index (χ1) is 8.15. The van der Waals surface area contributed by atoms with Gasteiger partial charge in [0.25, 0.3) is 0 Å². The van der Waals surface area contributed by atoms with Crippen molar-refractivity contribution in [2.75, 3.05) is 0 Å². The first-order valence-electron chi connectivity index (χ1n) is 6.65. The summed E-state index contributed by atoms with van der Waals surface area (Å²) in [6.07, 6.45) is 4.97. The second-order valence-electron chi connectivity index (χ2n) is 5.41. The molecule has 0 heterocycles. The summed E-state index contributed by atoms with van der Waals surface area (Å²) < 4.78 is 12.8. The maximum absolute atomic E-state index is 12.8. The van der Waals surface area contributed by atoms with E-state index in [2.05, 4.69) is 19.2 Å². The van der Waals surface area contributed by atoms with Gasteiger partial charge in [0.2, 0.25) is 0 Å². The van der Waals surface area contributed by atoms with Crippen molar-refractivity contribution < 1.29 is 4.39 Å². The van der Waals surface area contributed by atoms with E-state index in [1.165, 1.54) is 24.8 Å². The van der Waals surface area contributed by atoms with Crippen LogP contribution in [0.4, 0.5) is 4.39 Å². The molecule has 0 spiro atoms. The SMILES string of the molecule is CC(Cc1ccc(F)cc1)NC1CCCC1C. The average molecular weight is 235 g/mol. The summed E-state index contributed by atoms with van der Waals surface area (Å²) in [7, 11) is 0. The van der Waals surface area contributed by atoms with E-state index in [0.29, 0.717) is 12.1 Å². The van der Waals surface area contributed by atoms with Gasteiger partial charge in [-0.1, -0.05) is 25.5 Å². The summed E-state index contributed by atoms with van der Waals surface area (Å²) in [5.74, 6) is 0.643. The van der Waals surface area contributed by atoms with Crippen LogP contribution in [0, 0.1) is 11.7 Å². The van der Waals surface area contributed by atoms with Gasteiger partial charge < -0.3 is 5.32 Å². The van der Waals surface area contributed by atoms with Crippen LogP contribution >= 0.6 is 0 Å². The molecule has 1 nitrogen and oxygen atoms in total. The molecule has 94 valence electrons. The van der Waals surface area contributed by atoms with Crippen LogP contribution in [0.3, 0.4) is 0 Å². The summed E-state index contributed by atoms with van der Waals surface area (Å²) in [6.45, 7) is 4.55. The number of hydrogen-bond donors (Lipinski definition) is 1. The van der Waals surface area contributed by atoms with Gasteiger partial charge in [0.1, 0.15) is 5.82 Å². The van der Waals surface area contributed by atoms with E-state index in [0.717, 1.165) is 12.3 Å². The molecule has 1 aromatic rings. The molecule has 0 amide bonds. The summed E-state index contributed by atoms with van der Waals surface area (Å²) in [5, 5.41) is 3.70. The van der Waals surface area contributed by atoms with E-state index in [4.69, 9.17) is 0 Å². The highest BCUT2D eigenvalue weighted by Crippen LogP contribution is 2.25. The Hall–Kier alpha value is -0.890. The van der Waals surface area contributed by atoms with Crippen LogP contribution in [0.5, 0.6) is 0 Å². The summed E-state index contributed by atoms with van der Waals surface area (Å²) in [6, 6.07) is 7.98. The van der Waals surface area contributed by atoms with Crippen LogP contribution in [0.25, 0.3) is 0 Å². The molecule has 3 unspecified atom stereocenters. The van der Waals surface area contributed by atoms with E-state index in [1.54, 1.807) is 12.1 Å². The zero-order chi connectivity index (χ0) is 12.3. The van der Waals surface area contributed by atoms with E-state index in [-0.39, 0.29) is 5.82 Å². The lowest BCUT2D eigenvalue weighted by Crippen LogP contribution is -2.39. The van der Waals surface area contributed by atoms with Gasteiger partial charge in [-0.2, -0.15) is 0 Å². The van der Waals surface area contributed by atoms with Gasteiger partial charge in [0, 0.05) is 12.1 Å². The summed E-state index contributed by atoms with van der Waals surface area (Å²) >= 11 is 0. The smallest absolute Gasteiger partial charge is 0.123 e. The molecule has 0 saturated heterocycles. The predicted octanol–water partition coefficient (Wildman–Crippen LogP) is 3.53. The topological polar surface area (TPSA) is 12.0 Å². The fourth-order valence-corrected chi connectivity index (χ4v) is 2.79.